The first-order valence-electron chi connectivity index (χ1n) is 5.59. The van der Waals surface area contributed by atoms with Crippen LogP contribution < -0.4 is 0 Å². The molecule has 0 spiro atoms. The normalized spacial score (nSPS) is 11.0. The van der Waals surface area contributed by atoms with E-state index in [4.69, 9.17) is 5.11 Å². The SMILES string of the molecule is CCN(C(C)C)C(C)C.O=C(O)COC(F)F. The fourth-order valence-electron chi connectivity index (χ4n) is 1.46. The molecule has 4 nitrogen and oxygen atoms in total. The van der Waals surface area contributed by atoms with Gasteiger partial charge >= 0.3 is 12.6 Å². The van der Waals surface area contributed by atoms with Gasteiger partial charge < -0.3 is 9.84 Å². The quantitative estimate of drug-likeness (QED) is 0.792. The molecule has 0 bridgehead atoms. The van der Waals surface area contributed by atoms with Gasteiger partial charge in [0.05, 0.1) is 0 Å². The van der Waals surface area contributed by atoms with Gasteiger partial charge in [0.1, 0.15) is 0 Å². The molecule has 1 N–H and O–H groups in total. The van der Waals surface area contributed by atoms with E-state index in [9.17, 15) is 13.6 Å². The van der Waals surface area contributed by atoms with Gasteiger partial charge in [0, 0.05) is 12.1 Å². The van der Waals surface area contributed by atoms with Crippen molar-refractivity contribution in [1.29, 1.82) is 0 Å². The molecule has 0 aromatic rings. The lowest BCUT2D eigenvalue weighted by atomic mass is 10.2. The summed E-state index contributed by atoms with van der Waals surface area (Å²) < 4.78 is 25.2. The van der Waals surface area contributed by atoms with Gasteiger partial charge in [0.2, 0.25) is 0 Å². The Labute approximate surface area is 102 Å². The second-order valence-corrected chi connectivity index (χ2v) is 3.98. The second kappa shape index (κ2) is 10.4. The molecule has 0 aliphatic rings. The van der Waals surface area contributed by atoms with Gasteiger partial charge in [-0.1, -0.05) is 6.92 Å². The van der Waals surface area contributed by atoms with Crippen molar-refractivity contribution in [2.75, 3.05) is 13.2 Å². The van der Waals surface area contributed by atoms with Crippen LogP contribution in [0.4, 0.5) is 8.78 Å². The van der Waals surface area contributed by atoms with Crippen molar-refractivity contribution in [3.8, 4) is 0 Å². The molecule has 0 atom stereocenters. The molecule has 0 saturated carbocycles. The van der Waals surface area contributed by atoms with Crippen LogP contribution in [0.1, 0.15) is 34.6 Å². The maximum Gasteiger partial charge on any atom is 0.345 e. The summed E-state index contributed by atoms with van der Waals surface area (Å²) in [6.45, 7) is 8.39. The summed E-state index contributed by atoms with van der Waals surface area (Å²) in [5.41, 5.74) is 0. The summed E-state index contributed by atoms with van der Waals surface area (Å²) >= 11 is 0. The largest absolute Gasteiger partial charge is 0.480 e. The molecular formula is C11H23F2NO3. The minimum Gasteiger partial charge on any atom is -0.480 e. The Morgan fingerprint density at radius 1 is 1.24 bits per heavy atom. The zero-order valence-corrected chi connectivity index (χ0v) is 11.1. The molecule has 0 aromatic heterocycles. The predicted octanol–water partition coefficient (Wildman–Crippen LogP) is 2.44. The molecule has 0 amide bonds. The lowest BCUT2D eigenvalue weighted by Gasteiger charge is -2.28. The molecule has 0 aliphatic heterocycles. The van der Waals surface area contributed by atoms with Crippen molar-refractivity contribution in [2.24, 2.45) is 0 Å². The number of halogens is 2. The summed E-state index contributed by atoms with van der Waals surface area (Å²) in [5.74, 6) is -1.40. The molecule has 0 saturated heterocycles. The summed E-state index contributed by atoms with van der Waals surface area (Å²) in [7, 11) is 0. The molecular weight excluding hydrogens is 232 g/mol. The summed E-state index contributed by atoms with van der Waals surface area (Å²) in [6, 6.07) is 1.38. The van der Waals surface area contributed by atoms with Gasteiger partial charge in [-0.25, -0.2) is 4.79 Å². The third-order valence-corrected chi connectivity index (χ3v) is 2.02. The highest BCUT2D eigenvalue weighted by Gasteiger charge is 2.09. The van der Waals surface area contributed by atoms with Crippen molar-refractivity contribution in [1.82, 2.24) is 4.90 Å². The number of rotatable bonds is 6. The number of alkyl halides is 2. The third-order valence-electron chi connectivity index (χ3n) is 2.02. The highest BCUT2D eigenvalue weighted by atomic mass is 19.3. The molecule has 6 heteroatoms. The number of nitrogens with zero attached hydrogens (tertiary/aromatic N) is 1. The van der Waals surface area contributed by atoms with Crippen molar-refractivity contribution < 1.29 is 23.4 Å². The number of carboxylic acids is 1. The van der Waals surface area contributed by atoms with Gasteiger partial charge in [-0.3, -0.25) is 4.90 Å². The van der Waals surface area contributed by atoms with E-state index in [1.54, 1.807) is 0 Å². The van der Waals surface area contributed by atoms with E-state index in [0.29, 0.717) is 12.1 Å². The first-order chi connectivity index (χ1) is 7.72. The average molecular weight is 255 g/mol. The van der Waals surface area contributed by atoms with Crippen LogP contribution in [-0.4, -0.2) is 47.8 Å². The van der Waals surface area contributed by atoms with Gasteiger partial charge in [-0.05, 0) is 34.2 Å². The Kier molecular flexibility index (Phi) is 11.4. The van der Waals surface area contributed by atoms with Gasteiger partial charge in [-0.15, -0.1) is 0 Å². The lowest BCUT2D eigenvalue weighted by molar-refractivity contribution is -0.164. The van der Waals surface area contributed by atoms with E-state index in [-0.39, 0.29) is 0 Å². The monoisotopic (exact) mass is 255 g/mol. The van der Waals surface area contributed by atoms with E-state index >= 15 is 0 Å². The number of hydrogen-bond acceptors (Lipinski definition) is 3. The molecule has 0 aliphatic carbocycles. The first kappa shape index (κ1) is 18.6. The highest BCUT2D eigenvalue weighted by Crippen LogP contribution is 2.02. The minimum atomic E-state index is -2.99. The summed E-state index contributed by atoms with van der Waals surface area (Å²) in [6.07, 6.45) is 0. The zero-order valence-electron chi connectivity index (χ0n) is 11.1. The zero-order chi connectivity index (χ0) is 14.0. The number of carbonyl (C=O) groups is 1. The lowest BCUT2D eigenvalue weighted by Crippen LogP contribution is -2.36. The van der Waals surface area contributed by atoms with Crippen LogP contribution in [0.5, 0.6) is 0 Å². The van der Waals surface area contributed by atoms with Crippen LogP contribution >= 0.6 is 0 Å². The minimum absolute atomic E-state index is 0.690. The second-order valence-electron chi connectivity index (χ2n) is 3.98. The average Bonchev–Trinajstić information content (AvgIpc) is 2.15. The smallest absolute Gasteiger partial charge is 0.345 e. The Hall–Kier alpha value is -0.750. The molecule has 17 heavy (non-hydrogen) atoms. The van der Waals surface area contributed by atoms with Crippen LogP contribution in [0.3, 0.4) is 0 Å². The highest BCUT2D eigenvalue weighted by molar-refractivity contribution is 5.67. The molecule has 0 unspecified atom stereocenters. The number of aliphatic carboxylic acids is 1. The standard InChI is InChI=1S/C8H19N.C3H4F2O3/c1-6-9(7(2)3)8(4)5;4-3(5)8-1-2(6)7/h7-8H,6H2,1-5H3;3H,1H2,(H,6,7). The molecule has 0 heterocycles. The molecule has 0 fully saturated rings. The number of ether oxygens (including phenoxy) is 1. The van der Waals surface area contributed by atoms with Crippen molar-refractivity contribution in [2.45, 2.75) is 53.3 Å². The van der Waals surface area contributed by atoms with E-state index in [0.717, 1.165) is 6.54 Å². The van der Waals surface area contributed by atoms with Gasteiger partial charge in [0.15, 0.2) is 6.61 Å². The van der Waals surface area contributed by atoms with Crippen molar-refractivity contribution in [3.63, 3.8) is 0 Å². The molecule has 0 rings (SSSR count). The Bertz CT molecular complexity index is 191. The fourth-order valence-corrected chi connectivity index (χ4v) is 1.46. The van der Waals surface area contributed by atoms with Crippen LogP contribution in [0.15, 0.2) is 0 Å². The summed E-state index contributed by atoms with van der Waals surface area (Å²) in [4.78, 5) is 11.9. The number of hydrogen-bond donors (Lipinski definition) is 1. The number of carboxylic acid groups (broad SMARTS) is 1. The van der Waals surface area contributed by atoms with E-state index in [1.807, 2.05) is 0 Å². The van der Waals surface area contributed by atoms with E-state index in [1.165, 1.54) is 0 Å². The van der Waals surface area contributed by atoms with Crippen LogP contribution in [0, 0.1) is 0 Å². The van der Waals surface area contributed by atoms with Gasteiger partial charge in [-0.2, -0.15) is 8.78 Å². The molecule has 104 valence electrons. The van der Waals surface area contributed by atoms with Crippen LogP contribution in [0.2, 0.25) is 0 Å². The van der Waals surface area contributed by atoms with E-state index < -0.39 is 19.2 Å². The molecule has 0 radical (unpaired) electrons. The Morgan fingerprint density at radius 3 is 1.71 bits per heavy atom. The summed E-state index contributed by atoms with van der Waals surface area (Å²) in [5, 5.41) is 7.70. The van der Waals surface area contributed by atoms with Crippen LogP contribution in [-0.2, 0) is 9.53 Å². The van der Waals surface area contributed by atoms with Gasteiger partial charge in [0.25, 0.3) is 0 Å². The Morgan fingerprint density at radius 2 is 1.65 bits per heavy atom. The maximum absolute atomic E-state index is 10.9. The maximum atomic E-state index is 10.9. The predicted molar refractivity (Wildman–Crippen MR) is 62.2 cm³/mol. The topological polar surface area (TPSA) is 49.8 Å². The fraction of sp³-hybridized carbons (Fsp3) is 0.909. The van der Waals surface area contributed by atoms with Crippen LogP contribution in [0.25, 0.3) is 0 Å². The third kappa shape index (κ3) is 13.2. The van der Waals surface area contributed by atoms with Crippen molar-refractivity contribution in [3.05, 3.63) is 0 Å². The van der Waals surface area contributed by atoms with E-state index in [2.05, 4.69) is 44.3 Å². The first-order valence-corrected chi connectivity index (χ1v) is 5.59. The Balaban J connectivity index is 0. The molecule has 0 aromatic carbocycles. The van der Waals surface area contributed by atoms with Crippen molar-refractivity contribution >= 4 is 5.97 Å².